The molecule has 26 heavy (non-hydrogen) atoms. The van der Waals surface area contributed by atoms with Crippen LogP contribution in [0, 0.1) is 5.92 Å². The maximum Gasteiger partial charge on any atom is 0.321 e. The number of amides is 3. The standard InChI is InChI=1S/C19H29ClN4O2/c1-14(2)12-21-19(26)22-18(25)15(3)24-9-7-23(8-10-24)13-16-5-4-6-17(20)11-16/h4-6,11,14-15H,7-10,12-13H2,1-3H3,(H2,21,22,25,26). The molecule has 0 aromatic heterocycles. The molecule has 2 N–H and O–H groups in total. The van der Waals surface area contributed by atoms with Crippen LogP contribution in [0.15, 0.2) is 24.3 Å². The van der Waals surface area contributed by atoms with Gasteiger partial charge in [-0.05, 0) is 30.5 Å². The Morgan fingerprint density at radius 3 is 2.46 bits per heavy atom. The lowest BCUT2D eigenvalue weighted by molar-refractivity contribution is -0.125. The van der Waals surface area contributed by atoms with Gasteiger partial charge < -0.3 is 5.32 Å². The minimum atomic E-state index is -0.421. The number of nitrogens with one attached hydrogen (secondary N) is 2. The quantitative estimate of drug-likeness (QED) is 0.795. The van der Waals surface area contributed by atoms with E-state index in [4.69, 9.17) is 11.6 Å². The Bertz CT molecular complexity index is 615. The number of hydrogen-bond acceptors (Lipinski definition) is 4. The molecule has 3 amide bonds. The normalized spacial score (nSPS) is 17.1. The second kappa shape index (κ2) is 9.90. The lowest BCUT2D eigenvalue weighted by Crippen LogP contribution is -2.55. The van der Waals surface area contributed by atoms with Gasteiger partial charge in [0, 0.05) is 44.3 Å². The molecular formula is C19H29ClN4O2. The average Bonchev–Trinajstić information content (AvgIpc) is 2.60. The SMILES string of the molecule is CC(C)CNC(=O)NC(=O)C(C)N1CCN(Cc2cccc(Cl)c2)CC1. The van der Waals surface area contributed by atoms with Crippen molar-refractivity contribution < 1.29 is 9.59 Å². The molecule has 0 radical (unpaired) electrons. The van der Waals surface area contributed by atoms with Gasteiger partial charge in [-0.3, -0.25) is 19.9 Å². The summed E-state index contributed by atoms with van der Waals surface area (Å²) in [5.41, 5.74) is 1.19. The Kier molecular flexibility index (Phi) is 7.87. The number of hydrogen-bond donors (Lipinski definition) is 2. The molecule has 144 valence electrons. The first-order valence-electron chi connectivity index (χ1n) is 9.14. The number of rotatable bonds is 6. The summed E-state index contributed by atoms with van der Waals surface area (Å²) in [6.45, 7) is 10.6. The molecule has 1 aromatic carbocycles. The predicted molar refractivity (Wildman–Crippen MR) is 104 cm³/mol. The molecule has 1 atom stereocenters. The Labute approximate surface area is 160 Å². The molecule has 1 aromatic rings. The van der Waals surface area contributed by atoms with Gasteiger partial charge in [-0.1, -0.05) is 37.6 Å². The second-order valence-electron chi connectivity index (χ2n) is 7.21. The summed E-state index contributed by atoms with van der Waals surface area (Å²) in [6, 6.07) is 7.15. The maximum absolute atomic E-state index is 12.3. The van der Waals surface area contributed by atoms with Crippen LogP contribution in [0.2, 0.25) is 5.02 Å². The first-order valence-corrected chi connectivity index (χ1v) is 9.52. The van der Waals surface area contributed by atoms with Crippen LogP contribution in [0.3, 0.4) is 0 Å². The first kappa shape index (κ1) is 20.7. The fraction of sp³-hybridized carbons (Fsp3) is 0.579. The van der Waals surface area contributed by atoms with Gasteiger partial charge in [-0.2, -0.15) is 0 Å². The molecular weight excluding hydrogens is 352 g/mol. The zero-order chi connectivity index (χ0) is 19.1. The predicted octanol–water partition coefficient (Wildman–Crippen LogP) is 2.33. The summed E-state index contributed by atoms with van der Waals surface area (Å²) in [5.74, 6) is 0.0930. The Balaban J connectivity index is 1.75. The molecule has 1 heterocycles. The summed E-state index contributed by atoms with van der Waals surface area (Å²) in [5, 5.41) is 5.88. The molecule has 0 spiro atoms. The molecule has 1 saturated heterocycles. The molecule has 0 aliphatic carbocycles. The van der Waals surface area contributed by atoms with Crippen molar-refractivity contribution in [3.05, 3.63) is 34.9 Å². The van der Waals surface area contributed by atoms with E-state index in [1.807, 2.05) is 39.0 Å². The highest BCUT2D eigenvalue weighted by molar-refractivity contribution is 6.30. The van der Waals surface area contributed by atoms with E-state index in [2.05, 4.69) is 26.5 Å². The highest BCUT2D eigenvalue weighted by Crippen LogP contribution is 2.14. The van der Waals surface area contributed by atoms with Gasteiger partial charge in [0.15, 0.2) is 0 Å². The molecule has 1 unspecified atom stereocenters. The topological polar surface area (TPSA) is 64.7 Å². The zero-order valence-corrected chi connectivity index (χ0v) is 16.6. The number of imide groups is 1. The van der Waals surface area contributed by atoms with Crippen molar-refractivity contribution in [1.82, 2.24) is 20.4 Å². The van der Waals surface area contributed by atoms with Gasteiger partial charge in [-0.15, -0.1) is 0 Å². The van der Waals surface area contributed by atoms with Gasteiger partial charge in [0.05, 0.1) is 6.04 Å². The Morgan fingerprint density at radius 1 is 1.15 bits per heavy atom. The van der Waals surface area contributed by atoms with Gasteiger partial charge in [0.25, 0.3) is 0 Å². The number of halogens is 1. The fourth-order valence-corrected chi connectivity index (χ4v) is 3.14. The molecule has 1 aliphatic rings. The lowest BCUT2D eigenvalue weighted by atomic mass is 10.1. The summed E-state index contributed by atoms with van der Waals surface area (Å²) >= 11 is 6.04. The van der Waals surface area contributed by atoms with E-state index >= 15 is 0 Å². The van der Waals surface area contributed by atoms with Crippen molar-refractivity contribution in [2.24, 2.45) is 5.92 Å². The lowest BCUT2D eigenvalue weighted by Gasteiger charge is -2.37. The number of urea groups is 1. The van der Waals surface area contributed by atoms with E-state index in [0.29, 0.717) is 12.5 Å². The number of piperazine rings is 1. The first-order chi connectivity index (χ1) is 12.3. The molecule has 1 fully saturated rings. The van der Waals surface area contributed by atoms with Crippen LogP contribution in [-0.4, -0.2) is 60.5 Å². The average molecular weight is 381 g/mol. The number of carbonyl (C=O) groups is 2. The van der Waals surface area contributed by atoms with Gasteiger partial charge in [-0.25, -0.2) is 4.79 Å². The van der Waals surface area contributed by atoms with Crippen LogP contribution >= 0.6 is 11.6 Å². The van der Waals surface area contributed by atoms with Crippen LogP contribution in [0.5, 0.6) is 0 Å². The van der Waals surface area contributed by atoms with Gasteiger partial charge in [0.1, 0.15) is 0 Å². The van der Waals surface area contributed by atoms with E-state index in [-0.39, 0.29) is 11.9 Å². The van der Waals surface area contributed by atoms with Crippen molar-refractivity contribution in [1.29, 1.82) is 0 Å². The van der Waals surface area contributed by atoms with E-state index in [1.54, 1.807) is 0 Å². The summed E-state index contributed by atoms with van der Waals surface area (Å²) in [7, 11) is 0. The largest absolute Gasteiger partial charge is 0.338 e. The van der Waals surface area contributed by atoms with Crippen molar-refractivity contribution in [3.8, 4) is 0 Å². The third-order valence-corrected chi connectivity index (χ3v) is 4.77. The van der Waals surface area contributed by atoms with Crippen molar-refractivity contribution >= 4 is 23.5 Å². The third kappa shape index (κ3) is 6.59. The second-order valence-corrected chi connectivity index (χ2v) is 7.65. The highest BCUT2D eigenvalue weighted by atomic mass is 35.5. The van der Waals surface area contributed by atoms with E-state index < -0.39 is 6.03 Å². The van der Waals surface area contributed by atoms with Gasteiger partial charge >= 0.3 is 6.03 Å². The zero-order valence-electron chi connectivity index (χ0n) is 15.8. The monoisotopic (exact) mass is 380 g/mol. The molecule has 2 rings (SSSR count). The fourth-order valence-electron chi connectivity index (χ4n) is 2.93. The Hall–Kier alpha value is -1.63. The Morgan fingerprint density at radius 2 is 1.85 bits per heavy atom. The van der Waals surface area contributed by atoms with E-state index in [1.165, 1.54) is 5.56 Å². The number of benzene rings is 1. The molecule has 1 aliphatic heterocycles. The van der Waals surface area contributed by atoms with Gasteiger partial charge in [0.2, 0.25) is 5.91 Å². The number of carbonyl (C=O) groups excluding carboxylic acids is 2. The van der Waals surface area contributed by atoms with Crippen LogP contribution in [-0.2, 0) is 11.3 Å². The molecule has 0 bridgehead atoms. The van der Waals surface area contributed by atoms with Crippen molar-refractivity contribution in [3.63, 3.8) is 0 Å². The van der Waals surface area contributed by atoms with Crippen molar-refractivity contribution in [2.45, 2.75) is 33.4 Å². The minimum absolute atomic E-state index is 0.255. The third-order valence-electron chi connectivity index (χ3n) is 4.54. The highest BCUT2D eigenvalue weighted by Gasteiger charge is 2.26. The van der Waals surface area contributed by atoms with E-state index in [0.717, 1.165) is 37.7 Å². The smallest absolute Gasteiger partial charge is 0.321 e. The van der Waals surface area contributed by atoms with E-state index in [9.17, 15) is 9.59 Å². The number of nitrogens with zero attached hydrogens (tertiary/aromatic N) is 2. The van der Waals surface area contributed by atoms with Crippen molar-refractivity contribution in [2.75, 3.05) is 32.7 Å². The molecule has 7 heteroatoms. The summed E-state index contributed by atoms with van der Waals surface area (Å²) in [4.78, 5) is 28.5. The molecule has 0 saturated carbocycles. The maximum atomic E-state index is 12.3. The molecule has 6 nitrogen and oxygen atoms in total. The summed E-state index contributed by atoms with van der Waals surface area (Å²) < 4.78 is 0. The van der Waals surface area contributed by atoms with Crippen LogP contribution in [0.1, 0.15) is 26.3 Å². The minimum Gasteiger partial charge on any atom is -0.338 e. The van der Waals surface area contributed by atoms with Crippen LogP contribution in [0.25, 0.3) is 0 Å². The van der Waals surface area contributed by atoms with Crippen LogP contribution < -0.4 is 10.6 Å². The summed E-state index contributed by atoms with van der Waals surface area (Å²) in [6.07, 6.45) is 0. The van der Waals surface area contributed by atoms with Crippen LogP contribution in [0.4, 0.5) is 4.79 Å².